The zero-order chi connectivity index (χ0) is 19.1. The lowest BCUT2D eigenvalue weighted by atomic mass is 10.2. The monoisotopic (exact) mass is 361 g/mol. The smallest absolute Gasteiger partial charge is 0.163 e. The summed E-state index contributed by atoms with van der Waals surface area (Å²) < 4.78 is 0. The van der Waals surface area contributed by atoms with Gasteiger partial charge in [0.1, 0.15) is 11.6 Å². The van der Waals surface area contributed by atoms with Crippen molar-refractivity contribution in [1.29, 1.82) is 0 Å². The summed E-state index contributed by atoms with van der Waals surface area (Å²) in [5.74, 6) is 2.32. The highest BCUT2D eigenvalue weighted by atomic mass is 15.1. The molecule has 1 heterocycles. The molecule has 2 aromatic carbocycles. The van der Waals surface area contributed by atoms with E-state index in [0.29, 0.717) is 5.82 Å². The Bertz CT molecular complexity index is 844. The maximum atomic E-state index is 4.71. The van der Waals surface area contributed by atoms with Crippen LogP contribution in [-0.2, 0) is 0 Å². The molecule has 0 aliphatic carbocycles. The second kappa shape index (κ2) is 9.14. The molecular formula is C22H27N5. The molecule has 0 amide bonds. The fourth-order valence-electron chi connectivity index (χ4n) is 2.71. The average Bonchev–Trinajstić information content (AvgIpc) is 2.67. The fraction of sp³-hybridized carbons (Fsp3) is 0.273. The molecule has 0 atom stereocenters. The van der Waals surface area contributed by atoms with Crippen LogP contribution in [0.5, 0.6) is 0 Å². The molecule has 0 radical (unpaired) electrons. The second-order valence-electron chi connectivity index (χ2n) is 6.90. The van der Waals surface area contributed by atoms with E-state index < -0.39 is 0 Å². The van der Waals surface area contributed by atoms with Gasteiger partial charge < -0.3 is 15.5 Å². The second-order valence-corrected chi connectivity index (χ2v) is 6.90. The maximum Gasteiger partial charge on any atom is 0.163 e. The van der Waals surface area contributed by atoms with Crippen molar-refractivity contribution >= 4 is 17.3 Å². The summed E-state index contributed by atoms with van der Waals surface area (Å²) in [5, 5.41) is 6.82. The molecule has 3 aromatic rings. The van der Waals surface area contributed by atoms with E-state index >= 15 is 0 Å². The van der Waals surface area contributed by atoms with Crippen LogP contribution >= 0.6 is 0 Å². The number of benzene rings is 2. The van der Waals surface area contributed by atoms with Gasteiger partial charge in [0.2, 0.25) is 0 Å². The SMILES string of the molecule is Cc1ccc(Nc2cc(NCCCN(C)C)nc(-c3ccccc3)n2)cc1. The molecule has 5 nitrogen and oxygen atoms in total. The van der Waals surface area contributed by atoms with Gasteiger partial charge in [0.15, 0.2) is 5.82 Å². The van der Waals surface area contributed by atoms with Crippen molar-refractivity contribution in [3.63, 3.8) is 0 Å². The van der Waals surface area contributed by atoms with E-state index in [0.717, 1.165) is 42.4 Å². The summed E-state index contributed by atoms with van der Waals surface area (Å²) in [6.07, 6.45) is 1.05. The topological polar surface area (TPSA) is 53.1 Å². The maximum absolute atomic E-state index is 4.71. The number of nitrogens with one attached hydrogen (secondary N) is 2. The Morgan fingerprint density at radius 1 is 0.889 bits per heavy atom. The Balaban J connectivity index is 1.82. The van der Waals surface area contributed by atoms with Gasteiger partial charge in [-0.2, -0.15) is 0 Å². The number of hydrogen-bond acceptors (Lipinski definition) is 5. The lowest BCUT2D eigenvalue weighted by Gasteiger charge is -2.13. The number of aryl methyl sites for hydroxylation is 1. The molecule has 1 aromatic heterocycles. The molecule has 0 aliphatic heterocycles. The van der Waals surface area contributed by atoms with Crippen LogP contribution in [0.3, 0.4) is 0 Å². The molecule has 3 rings (SSSR count). The van der Waals surface area contributed by atoms with Crippen LogP contribution in [0.4, 0.5) is 17.3 Å². The molecule has 0 saturated carbocycles. The van der Waals surface area contributed by atoms with Crippen LogP contribution in [0, 0.1) is 6.92 Å². The third-order valence-electron chi connectivity index (χ3n) is 4.17. The zero-order valence-corrected chi connectivity index (χ0v) is 16.2. The van der Waals surface area contributed by atoms with E-state index in [9.17, 15) is 0 Å². The number of hydrogen-bond donors (Lipinski definition) is 2. The predicted octanol–water partition coefficient (Wildman–Crippen LogP) is 4.56. The van der Waals surface area contributed by atoms with E-state index in [1.807, 2.05) is 36.4 Å². The normalized spacial score (nSPS) is 10.8. The van der Waals surface area contributed by atoms with Crippen LogP contribution in [0.1, 0.15) is 12.0 Å². The summed E-state index contributed by atoms with van der Waals surface area (Å²) >= 11 is 0. The van der Waals surface area contributed by atoms with Gasteiger partial charge in [-0.05, 0) is 46.1 Å². The molecule has 0 unspecified atom stereocenters. The van der Waals surface area contributed by atoms with Gasteiger partial charge in [-0.3, -0.25) is 0 Å². The fourth-order valence-corrected chi connectivity index (χ4v) is 2.71. The predicted molar refractivity (Wildman–Crippen MR) is 114 cm³/mol. The molecule has 2 N–H and O–H groups in total. The zero-order valence-electron chi connectivity index (χ0n) is 16.2. The Hall–Kier alpha value is -2.92. The minimum Gasteiger partial charge on any atom is -0.370 e. The Morgan fingerprint density at radius 2 is 1.59 bits per heavy atom. The largest absolute Gasteiger partial charge is 0.370 e. The standard InChI is InChI=1S/C22H27N5/c1-17-10-12-19(13-11-17)24-21-16-20(23-14-7-15-27(2)3)25-22(26-21)18-8-5-4-6-9-18/h4-6,8-13,16H,7,14-15H2,1-3H3,(H2,23,24,25,26). The van der Waals surface area contributed by atoms with E-state index in [-0.39, 0.29) is 0 Å². The van der Waals surface area contributed by atoms with E-state index in [1.165, 1.54) is 5.56 Å². The molecule has 140 valence electrons. The summed E-state index contributed by atoms with van der Waals surface area (Å²) in [6.45, 7) is 3.99. The molecule has 0 aliphatic rings. The van der Waals surface area contributed by atoms with Crippen LogP contribution < -0.4 is 10.6 Å². The van der Waals surface area contributed by atoms with Gasteiger partial charge >= 0.3 is 0 Å². The molecule has 5 heteroatoms. The number of nitrogens with zero attached hydrogens (tertiary/aromatic N) is 3. The highest BCUT2D eigenvalue weighted by molar-refractivity contribution is 5.65. The Kier molecular flexibility index (Phi) is 6.39. The van der Waals surface area contributed by atoms with Crippen LogP contribution in [0.25, 0.3) is 11.4 Å². The van der Waals surface area contributed by atoms with Gasteiger partial charge in [0.05, 0.1) is 0 Å². The van der Waals surface area contributed by atoms with Crippen molar-refractivity contribution in [3.8, 4) is 11.4 Å². The first kappa shape index (κ1) is 18.9. The van der Waals surface area contributed by atoms with Crippen molar-refractivity contribution in [2.45, 2.75) is 13.3 Å². The Labute approximate surface area is 161 Å². The number of anilines is 3. The molecule has 0 saturated heterocycles. The van der Waals surface area contributed by atoms with Crippen molar-refractivity contribution in [3.05, 3.63) is 66.2 Å². The number of rotatable bonds is 8. The quantitative estimate of drug-likeness (QED) is 0.576. The molecular weight excluding hydrogens is 334 g/mol. The molecule has 0 bridgehead atoms. The van der Waals surface area contributed by atoms with Gasteiger partial charge in [-0.1, -0.05) is 48.0 Å². The summed E-state index contributed by atoms with van der Waals surface area (Å²) in [7, 11) is 4.17. The highest BCUT2D eigenvalue weighted by Gasteiger charge is 2.07. The molecule has 0 spiro atoms. The van der Waals surface area contributed by atoms with Crippen LogP contribution in [0.2, 0.25) is 0 Å². The highest BCUT2D eigenvalue weighted by Crippen LogP contribution is 2.23. The minimum atomic E-state index is 0.711. The molecule has 0 fully saturated rings. The lowest BCUT2D eigenvalue weighted by molar-refractivity contribution is 0.405. The third-order valence-corrected chi connectivity index (χ3v) is 4.17. The van der Waals surface area contributed by atoms with E-state index in [1.54, 1.807) is 0 Å². The van der Waals surface area contributed by atoms with Crippen molar-refractivity contribution in [1.82, 2.24) is 14.9 Å². The van der Waals surface area contributed by atoms with Gasteiger partial charge in [0.25, 0.3) is 0 Å². The third kappa shape index (κ3) is 5.79. The van der Waals surface area contributed by atoms with E-state index in [2.05, 4.69) is 60.8 Å². The van der Waals surface area contributed by atoms with E-state index in [4.69, 9.17) is 9.97 Å². The van der Waals surface area contributed by atoms with Gasteiger partial charge in [0, 0.05) is 23.9 Å². The summed E-state index contributed by atoms with van der Waals surface area (Å²) in [5.41, 5.74) is 3.25. The van der Waals surface area contributed by atoms with Crippen LogP contribution in [-0.4, -0.2) is 42.1 Å². The summed E-state index contributed by atoms with van der Waals surface area (Å²) in [4.78, 5) is 11.6. The Morgan fingerprint density at radius 3 is 2.30 bits per heavy atom. The summed E-state index contributed by atoms with van der Waals surface area (Å²) in [6, 6.07) is 20.3. The van der Waals surface area contributed by atoms with Crippen molar-refractivity contribution in [2.24, 2.45) is 0 Å². The molecule has 27 heavy (non-hydrogen) atoms. The first-order chi connectivity index (χ1) is 13.1. The van der Waals surface area contributed by atoms with Gasteiger partial charge in [-0.15, -0.1) is 0 Å². The first-order valence-corrected chi connectivity index (χ1v) is 9.27. The number of aromatic nitrogens is 2. The van der Waals surface area contributed by atoms with Crippen molar-refractivity contribution in [2.75, 3.05) is 37.8 Å². The average molecular weight is 361 g/mol. The van der Waals surface area contributed by atoms with Crippen molar-refractivity contribution < 1.29 is 0 Å². The first-order valence-electron chi connectivity index (χ1n) is 9.27. The minimum absolute atomic E-state index is 0.711. The van der Waals surface area contributed by atoms with Gasteiger partial charge in [-0.25, -0.2) is 9.97 Å². The van der Waals surface area contributed by atoms with Crippen LogP contribution in [0.15, 0.2) is 60.7 Å². The lowest BCUT2D eigenvalue weighted by Crippen LogP contribution is -2.16.